The summed E-state index contributed by atoms with van der Waals surface area (Å²) in [7, 11) is 0. The lowest BCUT2D eigenvalue weighted by Crippen LogP contribution is -2.44. The molecule has 2 amide bonds. The molecule has 0 saturated heterocycles. The van der Waals surface area contributed by atoms with Gasteiger partial charge in [-0.05, 0) is 68.9 Å². The quantitative estimate of drug-likeness (QED) is 0.787. The number of benzene rings is 1. The van der Waals surface area contributed by atoms with Crippen molar-refractivity contribution in [3.8, 4) is 0 Å². The summed E-state index contributed by atoms with van der Waals surface area (Å²) in [4.78, 5) is 24.5. The minimum atomic E-state index is -0.576. The van der Waals surface area contributed by atoms with Gasteiger partial charge in [-0.3, -0.25) is 9.59 Å². The molecule has 1 aromatic carbocycles. The monoisotopic (exact) mass is 344 g/mol. The van der Waals surface area contributed by atoms with Crippen LogP contribution in [0.1, 0.15) is 63.1 Å². The van der Waals surface area contributed by atoms with Crippen molar-refractivity contribution >= 4 is 17.5 Å². The van der Waals surface area contributed by atoms with Gasteiger partial charge in [-0.2, -0.15) is 0 Å². The van der Waals surface area contributed by atoms with Gasteiger partial charge in [0.15, 0.2) is 0 Å². The van der Waals surface area contributed by atoms with E-state index in [1.807, 2.05) is 32.9 Å². The van der Waals surface area contributed by atoms with Crippen LogP contribution in [0, 0.1) is 32.1 Å². The zero-order valence-electron chi connectivity index (χ0n) is 16.5. The minimum Gasteiger partial charge on any atom is -0.345 e. The molecular weight excluding hydrogens is 312 g/mol. The van der Waals surface area contributed by atoms with Crippen LogP contribution in [-0.4, -0.2) is 17.9 Å². The van der Waals surface area contributed by atoms with E-state index in [2.05, 4.69) is 31.4 Å². The Kier molecular flexibility index (Phi) is 5.91. The third-order valence-electron chi connectivity index (χ3n) is 5.41. The average molecular weight is 344 g/mol. The number of anilines is 1. The van der Waals surface area contributed by atoms with Gasteiger partial charge in [-0.15, -0.1) is 0 Å². The van der Waals surface area contributed by atoms with Crippen LogP contribution in [-0.2, 0) is 9.59 Å². The van der Waals surface area contributed by atoms with Gasteiger partial charge < -0.3 is 10.6 Å². The van der Waals surface area contributed by atoms with Crippen LogP contribution in [0.3, 0.4) is 0 Å². The van der Waals surface area contributed by atoms with Crippen molar-refractivity contribution in [2.24, 2.45) is 11.3 Å². The molecule has 1 saturated carbocycles. The second kappa shape index (κ2) is 7.59. The van der Waals surface area contributed by atoms with Gasteiger partial charge in [0.1, 0.15) is 0 Å². The smallest absolute Gasteiger partial charge is 0.313 e. The SMILES string of the molecule is Cc1cc(C)c(NC(=O)C(=O)NC2CCC(C(C)(C)C)CC2)c(C)c1. The Morgan fingerprint density at radius 3 is 1.92 bits per heavy atom. The first kappa shape index (κ1) is 19.5. The van der Waals surface area contributed by atoms with Gasteiger partial charge in [0.2, 0.25) is 0 Å². The van der Waals surface area contributed by atoms with E-state index in [1.54, 1.807) is 0 Å². The van der Waals surface area contributed by atoms with E-state index >= 15 is 0 Å². The van der Waals surface area contributed by atoms with Crippen molar-refractivity contribution in [2.45, 2.75) is 73.3 Å². The van der Waals surface area contributed by atoms with Gasteiger partial charge in [-0.1, -0.05) is 38.5 Å². The predicted molar refractivity (Wildman–Crippen MR) is 103 cm³/mol. The summed E-state index contributed by atoms with van der Waals surface area (Å²) in [5.74, 6) is -0.418. The standard InChI is InChI=1S/C21H32N2O2/c1-13-11-14(2)18(15(3)12-13)23-20(25)19(24)22-17-9-7-16(8-10-17)21(4,5)6/h11-12,16-17H,7-10H2,1-6H3,(H,22,24)(H,23,25). The average Bonchev–Trinajstić information content (AvgIpc) is 2.50. The van der Waals surface area contributed by atoms with Gasteiger partial charge in [0.25, 0.3) is 0 Å². The van der Waals surface area contributed by atoms with Gasteiger partial charge >= 0.3 is 11.8 Å². The van der Waals surface area contributed by atoms with Crippen molar-refractivity contribution in [3.05, 3.63) is 28.8 Å². The Morgan fingerprint density at radius 2 is 1.44 bits per heavy atom. The largest absolute Gasteiger partial charge is 0.345 e. The highest BCUT2D eigenvalue weighted by molar-refractivity contribution is 6.39. The molecule has 138 valence electrons. The molecule has 4 heteroatoms. The second-order valence-electron chi connectivity index (χ2n) is 8.62. The first-order valence-corrected chi connectivity index (χ1v) is 9.27. The number of carbonyl (C=O) groups excluding carboxylic acids is 2. The van der Waals surface area contributed by atoms with Crippen molar-refractivity contribution in [1.29, 1.82) is 0 Å². The summed E-state index contributed by atoms with van der Waals surface area (Å²) in [6.45, 7) is 12.7. The molecule has 0 heterocycles. The molecule has 0 atom stereocenters. The highest BCUT2D eigenvalue weighted by Crippen LogP contribution is 2.37. The van der Waals surface area contributed by atoms with Crippen LogP contribution in [0.4, 0.5) is 5.69 Å². The summed E-state index contributed by atoms with van der Waals surface area (Å²) in [5, 5.41) is 5.69. The van der Waals surface area contributed by atoms with Crippen LogP contribution in [0.2, 0.25) is 0 Å². The van der Waals surface area contributed by atoms with Crippen LogP contribution in [0.15, 0.2) is 12.1 Å². The second-order valence-corrected chi connectivity index (χ2v) is 8.62. The fourth-order valence-electron chi connectivity index (χ4n) is 3.90. The van der Waals surface area contributed by atoms with Crippen molar-refractivity contribution < 1.29 is 9.59 Å². The lowest BCUT2D eigenvalue weighted by molar-refractivity contribution is -0.136. The molecule has 0 unspecified atom stereocenters. The number of hydrogen-bond acceptors (Lipinski definition) is 2. The van der Waals surface area contributed by atoms with E-state index in [-0.39, 0.29) is 6.04 Å². The highest BCUT2D eigenvalue weighted by Gasteiger charge is 2.31. The Labute approximate surface area is 151 Å². The zero-order chi connectivity index (χ0) is 18.8. The number of rotatable bonds is 2. The van der Waals surface area contributed by atoms with Crippen LogP contribution < -0.4 is 10.6 Å². The van der Waals surface area contributed by atoms with Gasteiger partial charge in [-0.25, -0.2) is 0 Å². The number of amides is 2. The Balaban J connectivity index is 1.91. The molecule has 0 bridgehead atoms. The molecule has 0 spiro atoms. The van der Waals surface area contributed by atoms with E-state index in [0.717, 1.165) is 48.1 Å². The molecule has 25 heavy (non-hydrogen) atoms. The number of aryl methyl sites for hydroxylation is 3. The first-order chi connectivity index (χ1) is 11.6. The molecule has 0 radical (unpaired) electrons. The summed E-state index contributed by atoms with van der Waals surface area (Å²) in [6.07, 6.45) is 4.10. The molecule has 0 aromatic heterocycles. The van der Waals surface area contributed by atoms with Crippen LogP contribution in [0.25, 0.3) is 0 Å². The Hall–Kier alpha value is -1.84. The van der Waals surface area contributed by atoms with E-state index < -0.39 is 11.8 Å². The molecule has 1 aliphatic carbocycles. The molecule has 4 nitrogen and oxygen atoms in total. The summed E-state index contributed by atoms with van der Waals surface area (Å²) in [6, 6.07) is 4.12. The number of carbonyl (C=O) groups is 2. The van der Waals surface area contributed by atoms with E-state index in [9.17, 15) is 9.59 Å². The van der Waals surface area contributed by atoms with Crippen molar-refractivity contribution in [2.75, 3.05) is 5.32 Å². The van der Waals surface area contributed by atoms with Crippen molar-refractivity contribution in [3.63, 3.8) is 0 Å². The molecule has 0 aliphatic heterocycles. The predicted octanol–water partition coefficient (Wildman–Crippen LogP) is 4.27. The Bertz CT molecular complexity index is 627. The van der Waals surface area contributed by atoms with Gasteiger partial charge in [0, 0.05) is 11.7 Å². The maximum atomic E-state index is 12.3. The summed E-state index contributed by atoms with van der Waals surface area (Å²) < 4.78 is 0. The molecule has 1 aromatic rings. The summed E-state index contributed by atoms with van der Waals surface area (Å²) >= 11 is 0. The third kappa shape index (κ3) is 5.07. The lowest BCUT2D eigenvalue weighted by Gasteiger charge is -2.37. The molecule has 1 aliphatic rings. The lowest BCUT2D eigenvalue weighted by atomic mass is 9.71. The molecule has 1 fully saturated rings. The van der Waals surface area contributed by atoms with Crippen molar-refractivity contribution in [1.82, 2.24) is 5.32 Å². The first-order valence-electron chi connectivity index (χ1n) is 9.27. The fourth-order valence-corrected chi connectivity index (χ4v) is 3.90. The van der Waals surface area contributed by atoms with Crippen LogP contribution >= 0.6 is 0 Å². The molecular formula is C21H32N2O2. The third-order valence-corrected chi connectivity index (χ3v) is 5.41. The Morgan fingerprint density at radius 1 is 0.920 bits per heavy atom. The maximum Gasteiger partial charge on any atom is 0.313 e. The fraction of sp³-hybridized carbons (Fsp3) is 0.619. The molecule has 2 rings (SSSR count). The summed E-state index contributed by atoms with van der Waals surface area (Å²) in [5.41, 5.74) is 4.15. The minimum absolute atomic E-state index is 0.108. The van der Waals surface area contributed by atoms with Crippen LogP contribution in [0.5, 0.6) is 0 Å². The van der Waals surface area contributed by atoms with Gasteiger partial charge in [0.05, 0.1) is 0 Å². The van der Waals surface area contributed by atoms with E-state index in [4.69, 9.17) is 0 Å². The molecule has 2 N–H and O–H groups in total. The highest BCUT2D eigenvalue weighted by atomic mass is 16.2. The number of nitrogens with one attached hydrogen (secondary N) is 2. The maximum absolute atomic E-state index is 12.3. The number of hydrogen-bond donors (Lipinski definition) is 2. The zero-order valence-corrected chi connectivity index (χ0v) is 16.5. The van der Waals surface area contributed by atoms with E-state index in [1.165, 1.54) is 0 Å². The topological polar surface area (TPSA) is 58.2 Å². The normalized spacial score (nSPS) is 20.9. The van der Waals surface area contributed by atoms with E-state index in [0.29, 0.717) is 11.3 Å².